The fourth-order valence-electron chi connectivity index (χ4n) is 3.44. The van der Waals surface area contributed by atoms with Crippen molar-refractivity contribution >= 4 is 21.8 Å². The van der Waals surface area contributed by atoms with E-state index in [9.17, 15) is 18.0 Å². The standard InChI is InChI=1S/C26H29N3O5S/c1-29(19-21-11-7-4-8-12-21)35(32,33)24-18-22(13-14-23(24)34-2)26(31)28-16-15-27-25(30)17-20-9-5-3-6-10-20/h3-14,18H,15-17,19H2,1-2H3,(H,27,30)(H,28,31). The average Bonchev–Trinajstić information content (AvgIpc) is 2.87. The van der Waals surface area contributed by atoms with Gasteiger partial charge in [-0.25, -0.2) is 8.42 Å². The van der Waals surface area contributed by atoms with E-state index >= 15 is 0 Å². The number of carbonyl (C=O) groups is 2. The molecule has 0 unspecified atom stereocenters. The van der Waals surface area contributed by atoms with Gasteiger partial charge in [-0.1, -0.05) is 60.7 Å². The van der Waals surface area contributed by atoms with Crippen molar-refractivity contribution in [1.29, 1.82) is 0 Å². The number of amides is 2. The molecule has 9 heteroatoms. The van der Waals surface area contributed by atoms with E-state index in [0.29, 0.717) is 0 Å². The van der Waals surface area contributed by atoms with Crippen molar-refractivity contribution in [3.05, 3.63) is 95.6 Å². The molecule has 0 fully saturated rings. The van der Waals surface area contributed by atoms with E-state index in [1.54, 1.807) is 0 Å². The van der Waals surface area contributed by atoms with Crippen molar-refractivity contribution in [2.75, 3.05) is 27.2 Å². The van der Waals surface area contributed by atoms with Crippen LogP contribution in [0.3, 0.4) is 0 Å². The molecule has 3 aromatic rings. The summed E-state index contributed by atoms with van der Waals surface area (Å²) in [5, 5.41) is 5.45. The number of methoxy groups -OCH3 is 1. The summed E-state index contributed by atoms with van der Waals surface area (Å²) in [4.78, 5) is 24.6. The Hall–Kier alpha value is -3.69. The maximum Gasteiger partial charge on any atom is 0.251 e. The Morgan fingerprint density at radius 3 is 2.09 bits per heavy atom. The van der Waals surface area contributed by atoms with Gasteiger partial charge in [-0.2, -0.15) is 4.31 Å². The fraction of sp³-hybridized carbons (Fsp3) is 0.231. The van der Waals surface area contributed by atoms with Crippen molar-refractivity contribution in [2.24, 2.45) is 0 Å². The van der Waals surface area contributed by atoms with Crippen LogP contribution in [0, 0.1) is 0 Å². The minimum absolute atomic E-state index is 0.0951. The first-order valence-electron chi connectivity index (χ1n) is 11.1. The molecule has 0 radical (unpaired) electrons. The van der Waals surface area contributed by atoms with Crippen LogP contribution in [-0.4, -0.2) is 51.8 Å². The average molecular weight is 496 g/mol. The highest BCUT2D eigenvalue weighted by Crippen LogP contribution is 2.28. The van der Waals surface area contributed by atoms with E-state index in [1.165, 1.54) is 36.7 Å². The Bertz CT molecular complexity index is 1250. The van der Waals surface area contributed by atoms with Gasteiger partial charge in [0.05, 0.1) is 13.5 Å². The number of sulfonamides is 1. The molecule has 0 heterocycles. The summed E-state index contributed by atoms with van der Waals surface area (Å²) < 4.78 is 33.0. The molecule has 0 saturated carbocycles. The van der Waals surface area contributed by atoms with Crippen LogP contribution in [0.15, 0.2) is 83.8 Å². The largest absolute Gasteiger partial charge is 0.495 e. The van der Waals surface area contributed by atoms with Gasteiger partial charge in [-0.05, 0) is 29.3 Å². The highest BCUT2D eigenvalue weighted by atomic mass is 32.2. The van der Waals surface area contributed by atoms with Crippen LogP contribution in [-0.2, 0) is 27.8 Å². The van der Waals surface area contributed by atoms with Gasteiger partial charge in [-0.3, -0.25) is 9.59 Å². The first-order valence-corrected chi connectivity index (χ1v) is 12.5. The number of hydrogen-bond acceptors (Lipinski definition) is 5. The molecule has 184 valence electrons. The van der Waals surface area contributed by atoms with E-state index in [2.05, 4.69) is 10.6 Å². The van der Waals surface area contributed by atoms with Crippen molar-refractivity contribution in [2.45, 2.75) is 17.9 Å². The lowest BCUT2D eigenvalue weighted by Crippen LogP contribution is -2.35. The minimum atomic E-state index is -3.93. The van der Waals surface area contributed by atoms with E-state index in [0.717, 1.165) is 11.1 Å². The predicted octanol–water partition coefficient (Wildman–Crippen LogP) is 2.60. The molecule has 0 aliphatic carbocycles. The zero-order valence-corrected chi connectivity index (χ0v) is 20.5. The zero-order valence-electron chi connectivity index (χ0n) is 19.7. The second-order valence-electron chi connectivity index (χ2n) is 7.88. The zero-order chi connectivity index (χ0) is 25.3. The Balaban J connectivity index is 1.61. The molecular weight excluding hydrogens is 466 g/mol. The number of benzene rings is 3. The molecule has 35 heavy (non-hydrogen) atoms. The molecule has 0 aliphatic heterocycles. The lowest BCUT2D eigenvalue weighted by Gasteiger charge is -2.19. The Labute approximate surface area is 206 Å². The van der Waals surface area contributed by atoms with Gasteiger partial charge in [0.25, 0.3) is 5.91 Å². The summed E-state index contributed by atoms with van der Waals surface area (Å²) in [6, 6.07) is 22.8. The maximum atomic E-state index is 13.2. The number of hydrogen-bond donors (Lipinski definition) is 2. The Morgan fingerprint density at radius 2 is 1.46 bits per heavy atom. The summed E-state index contributed by atoms with van der Waals surface area (Å²) in [7, 11) is -1.07. The van der Waals surface area contributed by atoms with Gasteiger partial charge >= 0.3 is 0 Å². The van der Waals surface area contributed by atoms with Crippen molar-refractivity contribution in [3.63, 3.8) is 0 Å². The Kier molecular flexibility index (Phi) is 8.99. The molecule has 3 rings (SSSR count). The van der Waals surface area contributed by atoms with Crippen LogP contribution in [0.4, 0.5) is 0 Å². The van der Waals surface area contributed by atoms with Crippen molar-refractivity contribution in [1.82, 2.24) is 14.9 Å². The van der Waals surface area contributed by atoms with Gasteiger partial charge in [0.15, 0.2) is 0 Å². The molecule has 2 amide bonds. The topological polar surface area (TPSA) is 105 Å². The SMILES string of the molecule is COc1ccc(C(=O)NCCNC(=O)Cc2ccccc2)cc1S(=O)(=O)N(C)Cc1ccccc1. The normalized spacial score (nSPS) is 11.2. The van der Waals surface area contributed by atoms with Crippen molar-refractivity contribution in [3.8, 4) is 5.75 Å². The molecular formula is C26H29N3O5S. The molecule has 0 atom stereocenters. The summed E-state index contributed by atoms with van der Waals surface area (Å²) in [5.74, 6) is -0.452. The van der Waals surface area contributed by atoms with E-state index in [-0.39, 0.29) is 48.2 Å². The number of rotatable bonds is 11. The highest BCUT2D eigenvalue weighted by molar-refractivity contribution is 7.89. The third-order valence-corrected chi connectivity index (χ3v) is 7.13. The van der Waals surface area contributed by atoms with Crippen molar-refractivity contribution < 1.29 is 22.7 Å². The molecule has 0 saturated heterocycles. The van der Waals surface area contributed by atoms with Gasteiger partial charge in [-0.15, -0.1) is 0 Å². The number of ether oxygens (including phenoxy) is 1. The van der Waals surface area contributed by atoms with Crippen LogP contribution < -0.4 is 15.4 Å². The van der Waals surface area contributed by atoms with E-state index < -0.39 is 15.9 Å². The van der Waals surface area contributed by atoms with Crippen LogP contribution >= 0.6 is 0 Å². The molecule has 8 nitrogen and oxygen atoms in total. The predicted molar refractivity (Wildman–Crippen MR) is 134 cm³/mol. The first kappa shape index (κ1) is 25.9. The van der Waals surface area contributed by atoms with E-state index in [4.69, 9.17) is 4.74 Å². The third kappa shape index (κ3) is 7.14. The number of nitrogens with one attached hydrogen (secondary N) is 2. The van der Waals surface area contributed by atoms with Crippen LogP contribution in [0.5, 0.6) is 5.75 Å². The molecule has 2 N–H and O–H groups in total. The maximum absolute atomic E-state index is 13.2. The minimum Gasteiger partial charge on any atom is -0.495 e. The summed E-state index contributed by atoms with van der Waals surface area (Å²) in [6.07, 6.45) is 0.255. The van der Waals surface area contributed by atoms with Crippen LogP contribution in [0.2, 0.25) is 0 Å². The quantitative estimate of drug-likeness (QED) is 0.398. The summed E-state index contributed by atoms with van der Waals surface area (Å²) in [5.41, 5.74) is 1.91. The third-order valence-electron chi connectivity index (χ3n) is 5.30. The van der Waals surface area contributed by atoms with Gasteiger partial charge in [0, 0.05) is 32.2 Å². The molecule has 0 aromatic heterocycles. The molecule has 0 bridgehead atoms. The molecule has 0 aliphatic rings. The molecule has 3 aromatic carbocycles. The second kappa shape index (κ2) is 12.1. The monoisotopic (exact) mass is 495 g/mol. The Morgan fingerprint density at radius 1 is 0.857 bits per heavy atom. The summed E-state index contributed by atoms with van der Waals surface area (Å²) in [6.45, 7) is 0.616. The first-order chi connectivity index (χ1) is 16.8. The number of carbonyl (C=O) groups excluding carboxylic acids is 2. The van der Waals surface area contributed by atoms with Gasteiger partial charge in [0.1, 0.15) is 10.6 Å². The van der Waals surface area contributed by atoms with Gasteiger partial charge < -0.3 is 15.4 Å². The summed E-state index contributed by atoms with van der Waals surface area (Å²) >= 11 is 0. The van der Waals surface area contributed by atoms with Crippen LogP contribution in [0.1, 0.15) is 21.5 Å². The smallest absolute Gasteiger partial charge is 0.251 e. The molecule has 0 spiro atoms. The fourth-order valence-corrected chi connectivity index (χ4v) is 4.77. The lowest BCUT2D eigenvalue weighted by molar-refractivity contribution is -0.120. The highest BCUT2D eigenvalue weighted by Gasteiger charge is 2.26. The second-order valence-corrected chi connectivity index (χ2v) is 9.89. The van der Waals surface area contributed by atoms with Crippen LogP contribution in [0.25, 0.3) is 0 Å². The van der Waals surface area contributed by atoms with Gasteiger partial charge in [0.2, 0.25) is 15.9 Å². The van der Waals surface area contributed by atoms with E-state index in [1.807, 2.05) is 60.7 Å². The lowest BCUT2D eigenvalue weighted by atomic mass is 10.1. The number of nitrogens with zero attached hydrogens (tertiary/aromatic N) is 1.